The Bertz CT molecular complexity index is 1090. The van der Waals surface area contributed by atoms with Gasteiger partial charge in [-0.2, -0.15) is 0 Å². The minimum atomic E-state index is -0.562. The second-order valence-electron chi connectivity index (χ2n) is 5.62. The van der Waals surface area contributed by atoms with Gasteiger partial charge < -0.3 is 10.1 Å². The molecule has 1 amide bonds. The van der Waals surface area contributed by atoms with Gasteiger partial charge in [0.15, 0.2) is 0 Å². The molecule has 3 aromatic rings. The summed E-state index contributed by atoms with van der Waals surface area (Å²) in [4.78, 5) is 39.6. The van der Waals surface area contributed by atoms with E-state index in [4.69, 9.17) is 4.74 Å². The predicted molar refractivity (Wildman–Crippen MR) is 103 cm³/mol. The molecule has 8 nitrogen and oxygen atoms in total. The molecule has 2 aromatic heterocycles. The quantitative estimate of drug-likeness (QED) is 0.668. The van der Waals surface area contributed by atoms with Crippen LogP contribution in [0.3, 0.4) is 0 Å². The molecule has 0 aliphatic heterocycles. The van der Waals surface area contributed by atoms with Crippen molar-refractivity contribution >= 4 is 27.5 Å². The molecule has 0 bridgehead atoms. The lowest BCUT2D eigenvalue weighted by Crippen LogP contribution is -2.38. The number of nitrogens with zero attached hydrogens (tertiary/aromatic N) is 3. The number of carbonyl (C=O) groups excluding carboxylic acids is 1. The van der Waals surface area contributed by atoms with Gasteiger partial charge in [0.2, 0.25) is 11.8 Å². The van der Waals surface area contributed by atoms with Gasteiger partial charge in [-0.25, -0.2) is 9.78 Å². The number of hydrogen-bond acceptors (Lipinski definition) is 5. The van der Waals surface area contributed by atoms with E-state index in [0.29, 0.717) is 17.3 Å². The summed E-state index contributed by atoms with van der Waals surface area (Å²) in [5.41, 5.74) is -0.533. The lowest BCUT2D eigenvalue weighted by atomic mass is 10.3. The first kappa shape index (κ1) is 18.6. The van der Waals surface area contributed by atoms with Crippen molar-refractivity contribution in [1.82, 2.24) is 14.1 Å². The van der Waals surface area contributed by atoms with Crippen molar-refractivity contribution in [3.63, 3.8) is 0 Å². The van der Waals surface area contributed by atoms with Crippen molar-refractivity contribution in [1.29, 1.82) is 0 Å². The minimum Gasteiger partial charge on any atom is -0.439 e. The van der Waals surface area contributed by atoms with Crippen LogP contribution in [0.2, 0.25) is 0 Å². The first-order chi connectivity index (χ1) is 12.9. The van der Waals surface area contributed by atoms with Crippen LogP contribution in [0.15, 0.2) is 68.9 Å². The van der Waals surface area contributed by atoms with Gasteiger partial charge in [-0.1, -0.05) is 22.0 Å². The highest BCUT2D eigenvalue weighted by molar-refractivity contribution is 9.10. The molecule has 1 aromatic carbocycles. The van der Waals surface area contributed by atoms with Crippen LogP contribution in [-0.4, -0.2) is 20.0 Å². The Balaban J connectivity index is 1.64. The number of amides is 1. The van der Waals surface area contributed by atoms with E-state index in [1.165, 1.54) is 25.5 Å². The highest BCUT2D eigenvalue weighted by atomic mass is 79.9. The van der Waals surface area contributed by atoms with E-state index < -0.39 is 17.2 Å². The molecule has 0 radical (unpaired) electrons. The number of aromatic nitrogens is 3. The SMILES string of the molecule is Cn1c(=O)ccn(CC(=O)Nc2ccc(Oc3cccc(Br)c3)nc2)c1=O. The van der Waals surface area contributed by atoms with E-state index in [1.54, 1.807) is 18.2 Å². The Hall–Kier alpha value is -3.20. The van der Waals surface area contributed by atoms with Gasteiger partial charge in [-0.05, 0) is 24.3 Å². The smallest absolute Gasteiger partial charge is 0.331 e. The number of anilines is 1. The lowest BCUT2D eigenvalue weighted by Gasteiger charge is -2.09. The molecule has 0 aliphatic rings. The molecular weight excluding hydrogens is 416 g/mol. The van der Waals surface area contributed by atoms with Crippen LogP contribution >= 0.6 is 15.9 Å². The van der Waals surface area contributed by atoms with E-state index in [-0.39, 0.29) is 6.54 Å². The lowest BCUT2D eigenvalue weighted by molar-refractivity contribution is -0.116. The molecule has 0 spiro atoms. The predicted octanol–water partition coefficient (Wildman–Crippen LogP) is 2.14. The molecule has 27 heavy (non-hydrogen) atoms. The van der Waals surface area contributed by atoms with Crippen LogP contribution < -0.4 is 21.3 Å². The monoisotopic (exact) mass is 430 g/mol. The Morgan fingerprint density at radius 1 is 1.22 bits per heavy atom. The number of pyridine rings is 1. The Morgan fingerprint density at radius 3 is 2.74 bits per heavy atom. The second kappa shape index (κ2) is 8.00. The van der Waals surface area contributed by atoms with E-state index in [9.17, 15) is 14.4 Å². The molecule has 1 N–H and O–H groups in total. The van der Waals surface area contributed by atoms with Crippen LogP contribution in [0.4, 0.5) is 5.69 Å². The summed E-state index contributed by atoms with van der Waals surface area (Å²) >= 11 is 3.36. The maximum absolute atomic E-state index is 12.1. The van der Waals surface area contributed by atoms with Crippen molar-refractivity contribution in [2.45, 2.75) is 6.54 Å². The van der Waals surface area contributed by atoms with Crippen molar-refractivity contribution < 1.29 is 9.53 Å². The van der Waals surface area contributed by atoms with Crippen LogP contribution in [0.25, 0.3) is 0 Å². The topological polar surface area (TPSA) is 95.2 Å². The average Bonchev–Trinajstić information content (AvgIpc) is 2.64. The van der Waals surface area contributed by atoms with Crippen molar-refractivity contribution in [2.24, 2.45) is 7.05 Å². The van der Waals surface area contributed by atoms with Gasteiger partial charge in [0.25, 0.3) is 5.56 Å². The van der Waals surface area contributed by atoms with E-state index in [0.717, 1.165) is 13.6 Å². The maximum atomic E-state index is 12.1. The zero-order chi connectivity index (χ0) is 19.4. The molecule has 0 aliphatic carbocycles. The molecule has 3 rings (SSSR count). The second-order valence-corrected chi connectivity index (χ2v) is 6.53. The zero-order valence-electron chi connectivity index (χ0n) is 14.3. The number of benzene rings is 1. The fourth-order valence-corrected chi connectivity index (χ4v) is 2.64. The van der Waals surface area contributed by atoms with Crippen molar-refractivity contribution in [3.8, 4) is 11.6 Å². The molecule has 9 heteroatoms. The van der Waals surface area contributed by atoms with E-state index in [2.05, 4.69) is 26.2 Å². The Morgan fingerprint density at radius 2 is 2.04 bits per heavy atom. The summed E-state index contributed by atoms with van der Waals surface area (Å²) in [6.45, 7) is -0.219. The third kappa shape index (κ3) is 4.70. The van der Waals surface area contributed by atoms with E-state index >= 15 is 0 Å². The average molecular weight is 431 g/mol. The van der Waals surface area contributed by atoms with Crippen LogP contribution in [0.1, 0.15) is 0 Å². The first-order valence-corrected chi connectivity index (χ1v) is 8.67. The zero-order valence-corrected chi connectivity index (χ0v) is 15.8. The third-order valence-corrected chi connectivity index (χ3v) is 4.11. The fraction of sp³-hybridized carbons (Fsp3) is 0.111. The molecule has 0 unspecified atom stereocenters. The van der Waals surface area contributed by atoms with Gasteiger partial charge in [0, 0.05) is 29.8 Å². The highest BCUT2D eigenvalue weighted by Gasteiger charge is 2.08. The van der Waals surface area contributed by atoms with Gasteiger partial charge >= 0.3 is 5.69 Å². The number of hydrogen-bond donors (Lipinski definition) is 1. The van der Waals surface area contributed by atoms with Gasteiger partial charge in [0.1, 0.15) is 12.3 Å². The van der Waals surface area contributed by atoms with E-state index in [1.807, 2.05) is 18.2 Å². The molecule has 0 fully saturated rings. The first-order valence-electron chi connectivity index (χ1n) is 7.88. The Kier molecular flexibility index (Phi) is 5.51. The fourth-order valence-electron chi connectivity index (χ4n) is 2.26. The molecule has 0 saturated heterocycles. The molecule has 0 atom stereocenters. The Labute approximate surface area is 162 Å². The minimum absolute atomic E-state index is 0.219. The van der Waals surface area contributed by atoms with Crippen LogP contribution in [0, 0.1) is 0 Å². The largest absolute Gasteiger partial charge is 0.439 e. The number of carbonyl (C=O) groups is 1. The molecule has 138 valence electrons. The standard InChI is InChI=1S/C18H15BrN4O4/c1-22-17(25)7-8-23(18(22)26)11-15(24)21-13-5-6-16(20-10-13)27-14-4-2-3-12(19)9-14/h2-10H,11H2,1H3,(H,21,24). The number of rotatable bonds is 5. The number of nitrogens with one attached hydrogen (secondary N) is 1. The summed E-state index contributed by atoms with van der Waals surface area (Å²) < 4.78 is 8.59. The van der Waals surface area contributed by atoms with Crippen molar-refractivity contribution in [3.05, 3.63) is 80.2 Å². The molecule has 0 saturated carbocycles. The summed E-state index contributed by atoms with van der Waals surface area (Å²) in [5, 5.41) is 2.64. The normalized spacial score (nSPS) is 10.4. The van der Waals surface area contributed by atoms with Crippen molar-refractivity contribution in [2.75, 3.05) is 5.32 Å². The van der Waals surface area contributed by atoms with Gasteiger partial charge in [-0.3, -0.25) is 18.7 Å². The summed E-state index contributed by atoms with van der Waals surface area (Å²) in [6.07, 6.45) is 2.74. The number of halogens is 1. The molecular formula is C18H15BrN4O4. The van der Waals surface area contributed by atoms with Crippen LogP contribution in [0.5, 0.6) is 11.6 Å². The summed E-state index contributed by atoms with van der Waals surface area (Å²) in [5.74, 6) is 0.585. The number of ether oxygens (including phenoxy) is 1. The summed E-state index contributed by atoms with van der Waals surface area (Å²) in [6, 6.07) is 11.8. The summed E-state index contributed by atoms with van der Waals surface area (Å²) in [7, 11) is 1.35. The highest BCUT2D eigenvalue weighted by Crippen LogP contribution is 2.23. The third-order valence-electron chi connectivity index (χ3n) is 3.61. The molecule has 2 heterocycles. The maximum Gasteiger partial charge on any atom is 0.331 e. The van der Waals surface area contributed by atoms with Gasteiger partial charge in [-0.15, -0.1) is 0 Å². The van der Waals surface area contributed by atoms with Crippen LogP contribution in [-0.2, 0) is 18.4 Å². The van der Waals surface area contributed by atoms with Gasteiger partial charge in [0.05, 0.1) is 11.9 Å².